The number of guanidine groups is 1. The summed E-state index contributed by atoms with van der Waals surface area (Å²) in [4.78, 5) is 140. The summed E-state index contributed by atoms with van der Waals surface area (Å²) >= 11 is 0. The maximum Gasteiger partial charge on any atom is 0.326 e. The number of carboxylic acids is 2. The molecule has 26 nitrogen and oxygen atoms in total. The first-order chi connectivity index (χ1) is 27.6. The van der Waals surface area contributed by atoms with Crippen LogP contribution in [0.4, 0.5) is 0 Å². The van der Waals surface area contributed by atoms with E-state index in [9.17, 15) is 52.7 Å². The molecule has 0 unspecified atom stereocenters. The second kappa shape index (κ2) is 25.6. The smallest absolute Gasteiger partial charge is 0.326 e. The van der Waals surface area contributed by atoms with Gasteiger partial charge in [0, 0.05) is 13.1 Å². The maximum atomic E-state index is 13.2. The third-order valence-corrected chi connectivity index (χ3v) is 8.28. The van der Waals surface area contributed by atoms with Gasteiger partial charge in [-0.2, -0.15) is 0 Å². The zero-order chi connectivity index (χ0) is 44.8. The number of carbonyl (C=O) groups is 11. The van der Waals surface area contributed by atoms with Crippen LogP contribution in [0.1, 0.15) is 52.9 Å². The highest BCUT2D eigenvalue weighted by atomic mass is 16.4. The minimum Gasteiger partial charge on any atom is -0.481 e. The largest absolute Gasteiger partial charge is 0.481 e. The molecular weight excluding hydrogens is 786 g/mol. The second-order valence-electron chi connectivity index (χ2n) is 13.6. The van der Waals surface area contributed by atoms with Crippen molar-refractivity contribution in [3.8, 4) is 0 Å². The van der Waals surface area contributed by atoms with E-state index in [0.717, 1.165) is 0 Å². The molecule has 1 rings (SSSR count). The minimum absolute atomic E-state index is 0.0560. The van der Waals surface area contributed by atoms with Crippen molar-refractivity contribution in [1.82, 2.24) is 47.4 Å². The SMILES string of the molecule is CC(C)[C@H](NC(=O)[C@H](C)N)C(=O)N1CCC[C@H]1C(=O)NCC(=O)NCC(=O)NCC(=O)NCC(=O)N[C@@H](CCCN=C(N)N)C(=O)NCC(=O)N[C@@H](CC(=O)O)C(=O)O. The van der Waals surface area contributed by atoms with Crippen molar-refractivity contribution in [1.29, 1.82) is 0 Å². The molecule has 1 aliphatic heterocycles. The Labute approximate surface area is 338 Å². The monoisotopic (exact) mass is 841 g/mol. The molecule has 9 amide bonds. The van der Waals surface area contributed by atoms with Crippen LogP contribution in [0, 0.1) is 5.92 Å². The van der Waals surface area contributed by atoms with Gasteiger partial charge in [-0.1, -0.05) is 13.8 Å². The molecule has 16 N–H and O–H groups in total. The summed E-state index contributed by atoms with van der Waals surface area (Å²) in [5.74, 6) is -10.4. The number of hydrogen-bond acceptors (Lipinski definition) is 13. The first-order valence-corrected chi connectivity index (χ1v) is 18.4. The molecule has 0 radical (unpaired) electrons. The molecule has 0 aromatic rings. The number of nitrogens with one attached hydrogen (secondary N) is 8. The highest BCUT2D eigenvalue weighted by Gasteiger charge is 2.39. The van der Waals surface area contributed by atoms with Crippen molar-refractivity contribution in [2.24, 2.45) is 28.1 Å². The Morgan fingerprint density at radius 3 is 1.69 bits per heavy atom. The molecule has 1 heterocycles. The van der Waals surface area contributed by atoms with E-state index in [0.29, 0.717) is 12.8 Å². The van der Waals surface area contributed by atoms with Gasteiger partial charge in [0.05, 0.1) is 45.2 Å². The van der Waals surface area contributed by atoms with Crippen LogP contribution in [0.25, 0.3) is 0 Å². The summed E-state index contributed by atoms with van der Waals surface area (Å²) in [6, 6.07) is -5.71. The van der Waals surface area contributed by atoms with E-state index in [2.05, 4.69) is 42.2 Å². The second-order valence-corrected chi connectivity index (χ2v) is 13.6. The number of carboxylic acid groups (broad SMARTS) is 2. The summed E-state index contributed by atoms with van der Waals surface area (Å²) in [5, 5.41) is 36.1. The van der Waals surface area contributed by atoms with Crippen molar-refractivity contribution < 1.29 is 63.0 Å². The molecule has 59 heavy (non-hydrogen) atoms. The van der Waals surface area contributed by atoms with E-state index < -0.39 is 134 Å². The number of nitrogens with two attached hydrogens (primary N) is 3. The summed E-state index contributed by atoms with van der Waals surface area (Å²) in [7, 11) is 0. The van der Waals surface area contributed by atoms with Gasteiger partial charge >= 0.3 is 11.9 Å². The molecule has 0 saturated carbocycles. The maximum absolute atomic E-state index is 13.2. The molecule has 0 aromatic carbocycles. The first kappa shape index (κ1) is 50.4. The molecule has 1 aliphatic rings. The van der Waals surface area contributed by atoms with Crippen LogP contribution in [-0.2, 0) is 52.7 Å². The van der Waals surface area contributed by atoms with Gasteiger partial charge in [0.2, 0.25) is 53.2 Å². The molecule has 5 atom stereocenters. The number of likely N-dealkylation sites (tertiary alicyclic amines) is 1. The Morgan fingerprint density at radius 1 is 0.695 bits per heavy atom. The molecule has 0 bridgehead atoms. The van der Waals surface area contributed by atoms with Gasteiger partial charge in [-0.15, -0.1) is 0 Å². The highest BCUT2D eigenvalue weighted by molar-refractivity contribution is 5.96. The molecule has 0 aliphatic carbocycles. The van der Waals surface area contributed by atoms with Crippen LogP contribution in [0.15, 0.2) is 4.99 Å². The lowest BCUT2D eigenvalue weighted by Gasteiger charge is -2.30. The van der Waals surface area contributed by atoms with Crippen LogP contribution in [0.2, 0.25) is 0 Å². The summed E-state index contributed by atoms with van der Waals surface area (Å²) < 4.78 is 0. The van der Waals surface area contributed by atoms with Crippen LogP contribution in [0.5, 0.6) is 0 Å². The Bertz CT molecular complexity index is 1600. The quantitative estimate of drug-likeness (QED) is 0.0231. The number of carbonyl (C=O) groups excluding carboxylic acids is 9. The van der Waals surface area contributed by atoms with Gasteiger partial charge in [-0.3, -0.25) is 52.9 Å². The van der Waals surface area contributed by atoms with Crippen LogP contribution in [-0.4, -0.2) is 162 Å². The van der Waals surface area contributed by atoms with E-state index in [4.69, 9.17) is 27.4 Å². The van der Waals surface area contributed by atoms with Crippen molar-refractivity contribution >= 4 is 71.1 Å². The van der Waals surface area contributed by atoms with E-state index >= 15 is 0 Å². The number of hydrogen-bond donors (Lipinski definition) is 13. The first-order valence-electron chi connectivity index (χ1n) is 18.4. The average Bonchev–Trinajstić information content (AvgIpc) is 3.66. The lowest BCUT2D eigenvalue weighted by Crippen LogP contribution is -2.57. The number of amides is 9. The predicted octanol–water partition coefficient (Wildman–Crippen LogP) is -7.37. The van der Waals surface area contributed by atoms with Gasteiger partial charge in [-0.05, 0) is 38.5 Å². The van der Waals surface area contributed by atoms with Gasteiger partial charge in [0.25, 0.3) is 0 Å². The fourth-order valence-electron chi connectivity index (χ4n) is 5.22. The van der Waals surface area contributed by atoms with Gasteiger partial charge in [0.15, 0.2) is 5.96 Å². The highest BCUT2D eigenvalue weighted by Crippen LogP contribution is 2.20. The van der Waals surface area contributed by atoms with Crippen molar-refractivity contribution in [2.45, 2.75) is 83.1 Å². The summed E-state index contributed by atoms with van der Waals surface area (Å²) in [6.45, 7) is 2.08. The Kier molecular flexibility index (Phi) is 21.9. The molecule has 330 valence electrons. The fraction of sp³-hybridized carbons (Fsp3) is 0.636. The van der Waals surface area contributed by atoms with Crippen LogP contribution < -0.4 is 59.7 Å². The Morgan fingerprint density at radius 2 is 1.20 bits per heavy atom. The lowest BCUT2D eigenvalue weighted by molar-refractivity contribution is -0.147. The molecule has 1 saturated heterocycles. The van der Waals surface area contributed by atoms with Crippen molar-refractivity contribution in [3.63, 3.8) is 0 Å². The number of aliphatic imine (C=N–C) groups is 1. The number of nitrogens with zero attached hydrogens (tertiary/aromatic N) is 2. The average molecular weight is 842 g/mol. The number of rotatable bonds is 25. The van der Waals surface area contributed by atoms with Crippen molar-refractivity contribution in [2.75, 3.05) is 45.8 Å². The Hall–Kier alpha value is -6.60. The zero-order valence-corrected chi connectivity index (χ0v) is 33.0. The standard InChI is InChI=1S/C33H55N13O13/c1-16(2)27(45-28(54)17(3)34)31(57)46-9-5-7-20(46)30(56)42-13-23(49)39-11-21(47)38-12-22(48)40-14-24(50)43-18(6-4-8-37-33(35)36)29(55)41-15-25(51)44-19(32(58)59)10-26(52)53/h16-20,27H,4-15,34H2,1-3H3,(H,38,47)(H,39,49)(H,40,48)(H,41,55)(H,42,56)(H,43,50)(H,44,51)(H,45,54)(H,52,53)(H,58,59)(H4,35,36,37)/t17-,18-,19-,20-,27-/m0/s1. The van der Waals surface area contributed by atoms with E-state index in [-0.39, 0.29) is 37.8 Å². The molecule has 0 spiro atoms. The fourth-order valence-corrected chi connectivity index (χ4v) is 5.22. The summed E-state index contributed by atoms with van der Waals surface area (Å²) in [5.41, 5.74) is 16.2. The van der Waals surface area contributed by atoms with E-state index in [1.165, 1.54) is 11.8 Å². The summed E-state index contributed by atoms with van der Waals surface area (Å²) in [6.07, 6.45) is 0.0303. The van der Waals surface area contributed by atoms with Gasteiger partial charge < -0.3 is 74.8 Å². The van der Waals surface area contributed by atoms with Gasteiger partial charge in [0.1, 0.15) is 24.2 Å². The number of aliphatic carboxylic acids is 2. The molecule has 0 aromatic heterocycles. The predicted molar refractivity (Wildman–Crippen MR) is 204 cm³/mol. The van der Waals surface area contributed by atoms with Crippen LogP contribution in [0.3, 0.4) is 0 Å². The third kappa shape index (κ3) is 19.9. The topological polar surface area (TPSA) is 418 Å². The Balaban J connectivity index is 2.56. The normalized spacial score (nSPS) is 15.2. The van der Waals surface area contributed by atoms with Gasteiger partial charge in [-0.25, -0.2) is 4.79 Å². The van der Waals surface area contributed by atoms with Crippen LogP contribution >= 0.6 is 0 Å². The molecule has 1 fully saturated rings. The minimum atomic E-state index is -1.76. The molecule has 26 heteroatoms. The zero-order valence-electron chi connectivity index (χ0n) is 33.0. The lowest BCUT2D eigenvalue weighted by atomic mass is 10.0. The molecular formula is C33H55N13O13. The van der Waals surface area contributed by atoms with E-state index in [1.807, 2.05) is 5.32 Å². The van der Waals surface area contributed by atoms with E-state index in [1.54, 1.807) is 13.8 Å². The third-order valence-electron chi connectivity index (χ3n) is 8.28. The van der Waals surface area contributed by atoms with Crippen molar-refractivity contribution in [3.05, 3.63) is 0 Å².